The summed E-state index contributed by atoms with van der Waals surface area (Å²) < 4.78 is 19.4. The van der Waals surface area contributed by atoms with Gasteiger partial charge in [-0.2, -0.15) is 0 Å². The number of piperidine rings is 1. The number of ether oxygens (including phenoxy) is 1. The molecule has 0 saturated carbocycles. The predicted octanol–water partition coefficient (Wildman–Crippen LogP) is 3.01. The molecule has 0 N–H and O–H groups in total. The number of amides is 1. The van der Waals surface area contributed by atoms with E-state index in [0.717, 1.165) is 54.3 Å². The lowest BCUT2D eigenvalue weighted by molar-refractivity contribution is -0.134. The van der Waals surface area contributed by atoms with Crippen molar-refractivity contribution in [1.82, 2.24) is 19.8 Å². The van der Waals surface area contributed by atoms with E-state index in [1.165, 1.54) is 6.07 Å². The molecule has 2 aliphatic rings. The van der Waals surface area contributed by atoms with Crippen LogP contribution in [0.2, 0.25) is 0 Å². The lowest BCUT2D eigenvalue weighted by atomic mass is 9.95. The maximum absolute atomic E-state index is 14.1. The molecule has 4 rings (SSSR count). The van der Waals surface area contributed by atoms with E-state index in [1.807, 2.05) is 30.9 Å². The van der Waals surface area contributed by atoms with Crippen molar-refractivity contribution in [2.75, 3.05) is 39.4 Å². The van der Waals surface area contributed by atoms with Crippen molar-refractivity contribution < 1.29 is 13.9 Å². The molecule has 0 aliphatic carbocycles. The molecule has 2 aromatic rings. The molecule has 1 aromatic carbocycles. The van der Waals surface area contributed by atoms with Crippen molar-refractivity contribution in [3.05, 3.63) is 58.4 Å². The number of carbonyl (C=O) groups excluding carboxylic acids is 1. The Bertz CT molecular complexity index is 907. The molecule has 166 valence electrons. The first-order valence-electron chi connectivity index (χ1n) is 11.2. The molecule has 2 saturated heterocycles. The summed E-state index contributed by atoms with van der Waals surface area (Å²) in [5.74, 6) is 1.03. The number of nitrogens with zero attached hydrogens (tertiary/aromatic N) is 4. The Labute approximate surface area is 183 Å². The van der Waals surface area contributed by atoms with Gasteiger partial charge in [-0.3, -0.25) is 9.69 Å². The third-order valence-corrected chi connectivity index (χ3v) is 6.35. The molecule has 1 amide bonds. The van der Waals surface area contributed by atoms with Gasteiger partial charge in [0, 0.05) is 54.6 Å². The van der Waals surface area contributed by atoms with Gasteiger partial charge in [0.05, 0.1) is 19.6 Å². The van der Waals surface area contributed by atoms with E-state index < -0.39 is 0 Å². The maximum Gasteiger partial charge on any atom is 0.227 e. The number of halogens is 1. The SMILES string of the molecule is Cc1nc([C@H]2CCCN(Cc3ccccc3F)C2)nc(C)c1CC(=O)N1CCOCC1. The molecule has 3 heterocycles. The Balaban J connectivity index is 1.44. The number of aryl methyl sites for hydroxylation is 2. The van der Waals surface area contributed by atoms with Crippen LogP contribution in [0, 0.1) is 19.7 Å². The maximum atomic E-state index is 14.1. The molecule has 31 heavy (non-hydrogen) atoms. The van der Waals surface area contributed by atoms with E-state index >= 15 is 0 Å². The molecule has 6 nitrogen and oxygen atoms in total. The second-order valence-corrected chi connectivity index (χ2v) is 8.57. The van der Waals surface area contributed by atoms with Crippen molar-refractivity contribution in [2.45, 2.75) is 45.6 Å². The minimum Gasteiger partial charge on any atom is -0.378 e. The number of hydrogen-bond donors (Lipinski definition) is 0. The minimum atomic E-state index is -0.151. The highest BCUT2D eigenvalue weighted by Crippen LogP contribution is 2.27. The zero-order valence-electron chi connectivity index (χ0n) is 18.4. The second-order valence-electron chi connectivity index (χ2n) is 8.57. The van der Waals surface area contributed by atoms with Gasteiger partial charge in [0.25, 0.3) is 0 Å². The monoisotopic (exact) mass is 426 g/mol. The summed E-state index contributed by atoms with van der Waals surface area (Å²) in [5.41, 5.74) is 3.43. The molecule has 2 aliphatic heterocycles. The Kier molecular flexibility index (Phi) is 6.92. The number of morpholine rings is 1. The van der Waals surface area contributed by atoms with Crippen LogP contribution in [0.15, 0.2) is 24.3 Å². The van der Waals surface area contributed by atoms with Crippen molar-refractivity contribution in [2.24, 2.45) is 0 Å². The van der Waals surface area contributed by atoms with Gasteiger partial charge < -0.3 is 9.64 Å². The lowest BCUT2D eigenvalue weighted by Crippen LogP contribution is -2.41. The summed E-state index contributed by atoms with van der Waals surface area (Å²) in [6, 6.07) is 6.97. The van der Waals surface area contributed by atoms with Gasteiger partial charge in [-0.1, -0.05) is 18.2 Å². The van der Waals surface area contributed by atoms with Crippen LogP contribution >= 0.6 is 0 Å². The van der Waals surface area contributed by atoms with Gasteiger partial charge in [-0.15, -0.1) is 0 Å². The number of aromatic nitrogens is 2. The van der Waals surface area contributed by atoms with Crippen LogP contribution < -0.4 is 0 Å². The summed E-state index contributed by atoms with van der Waals surface area (Å²) in [5, 5.41) is 0. The molecular formula is C24H31FN4O2. The second kappa shape index (κ2) is 9.83. The van der Waals surface area contributed by atoms with Crippen LogP contribution in [0.25, 0.3) is 0 Å². The number of hydrogen-bond acceptors (Lipinski definition) is 5. The highest BCUT2D eigenvalue weighted by atomic mass is 19.1. The van der Waals surface area contributed by atoms with Crippen LogP contribution in [0.1, 0.15) is 47.1 Å². The topological polar surface area (TPSA) is 58.6 Å². The van der Waals surface area contributed by atoms with Gasteiger partial charge in [-0.25, -0.2) is 14.4 Å². The molecular weight excluding hydrogens is 395 g/mol. The first-order valence-corrected chi connectivity index (χ1v) is 11.2. The molecule has 0 unspecified atom stereocenters. The lowest BCUT2D eigenvalue weighted by Gasteiger charge is -2.32. The molecule has 2 fully saturated rings. The number of likely N-dealkylation sites (tertiary alicyclic amines) is 1. The highest BCUT2D eigenvalue weighted by Gasteiger charge is 2.26. The van der Waals surface area contributed by atoms with E-state index in [4.69, 9.17) is 14.7 Å². The largest absolute Gasteiger partial charge is 0.378 e. The van der Waals surface area contributed by atoms with Crippen molar-refractivity contribution in [3.8, 4) is 0 Å². The van der Waals surface area contributed by atoms with Gasteiger partial charge >= 0.3 is 0 Å². The number of benzene rings is 1. The molecule has 1 aromatic heterocycles. The fourth-order valence-electron chi connectivity index (χ4n) is 4.56. The third-order valence-electron chi connectivity index (χ3n) is 6.35. The number of carbonyl (C=O) groups is 1. The van der Waals surface area contributed by atoms with E-state index in [0.29, 0.717) is 39.3 Å². The van der Waals surface area contributed by atoms with Gasteiger partial charge in [0.2, 0.25) is 5.91 Å². The van der Waals surface area contributed by atoms with Crippen molar-refractivity contribution in [3.63, 3.8) is 0 Å². The molecule has 7 heteroatoms. The molecule has 0 radical (unpaired) electrons. The average Bonchev–Trinajstić information content (AvgIpc) is 2.78. The van der Waals surface area contributed by atoms with Gasteiger partial charge in [0.15, 0.2) is 0 Å². The van der Waals surface area contributed by atoms with Crippen LogP contribution in [0.5, 0.6) is 0 Å². The summed E-state index contributed by atoms with van der Waals surface area (Å²) in [4.78, 5) is 26.4. The van der Waals surface area contributed by atoms with Gasteiger partial charge in [0.1, 0.15) is 11.6 Å². The minimum absolute atomic E-state index is 0.111. The quantitative estimate of drug-likeness (QED) is 0.736. The van der Waals surface area contributed by atoms with Crippen LogP contribution in [0.4, 0.5) is 4.39 Å². The van der Waals surface area contributed by atoms with Crippen LogP contribution in [-0.2, 0) is 22.5 Å². The number of rotatable bonds is 5. The molecule has 1 atom stereocenters. The van der Waals surface area contributed by atoms with E-state index in [1.54, 1.807) is 6.07 Å². The van der Waals surface area contributed by atoms with Gasteiger partial charge in [-0.05, 0) is 39.3 Å². The predicted molar refractivity (Wildman–Crippen MR) is 116 cm³/mol. The first-order chi connectivity index (χ1) is 15.0. The smallest absolute Gasteiger partial charge is 0.227 e. The Morgan fingerprint density at radius 1 is 1.13 bits per heavy atom. The molecule has 0 spiro atoms. The Hall–Kier alpha value is -2.38. The fraction of sp³-hybridized carbons (Fsp3) is 0.542. The van der Waals surface area contributed by atoms with E-state index in [9.17, 15) is 9.18 Å². The normalized spacial score (nSPS) is 20.1. The Morgan fingerprint density at radius 2 is 1.84 bits per heavy atom. The summed E-state index contributed by atoms with van der Waals surface area (Å²) in [6.45, 7) is 8.82. The third kappa shape index (κ3) is 5.28. The van der Waals surface area contributed by atoms with E-state index in [2.05, 4.69) is 4.90 Å². The summed E-state index contributed by atoms with van der Waals surface area (Å²) in [7, 11) is 0. The Morgan fingerprint density at radius 3 is 2.55 bits per heavy atom. The zero-order valence-corrected chi connectivity index (χ0v) is 18.4. The first kappa shape index (κ1) is 21.8. The zero-order chi connectivity index (χ0) is 21.8. The average molecular weight is 427 g/mol. The van der Waals surface area contributed by atoms with Crippen LogP contribution in [-0.4, -0.2) is 65.1 Å². The molecule has 0 bridgehead atoms. The van der Waals surface area contributed by atoms with Crippen molar-refractivity contribution >= 4 is 5.91 Å². The van der Waals surface area contributed by atoms with Crippen molar-refractivity contribution in [1.29, 1.82) is 0 Å². The highest BCUT2D eigenvalue weighted by molar-refractivity contribution is 5.79. The standard InChI is InChI=1S/C24H31FN4O2/c1-17-21(14-23(30)29-10-12-31-13-11-29)18(2)27-24(26-17)20-7-5-9-28(16-20)15-19-6-3-4-8-22(19)25/h3-4,6,8,20H,5,7,9-16H2,1-2H3/t20-/m0/s1. The van der Waals surface area contributed by atoms with E-state index in [-0.39, 0.29) is 17.6 Å². The summed E-state index contributed by atoms with van der Waals surface area (Å²) >= 11 is 0. The summed E-state index contributed by atoms with van der Waals surface area (Å²) in [6.07, 6.45) is 2.40. The van der Waals surface area contributed by atoms with Crippen LogP contribution in [0.3, 0.4) is 0 Å². The fourth-order valence-corrected chi connectivity index (χ4v) is 4.56.